The molecule has 0 N–H and O–H groups in total. The lowest BCUT2D eigenvalue weighted by Gasteiger charge is -2.03. The van der Waals surface area contributed by atoms with E-state index >= 15 is 0 Å². The van der Waals surface area contributed by atoms with Crippen LogP contribution in [0.15, 0.2) is 6.33 Å². The molecule has 0 aliphatic carbocycles. The highest BCUT2D eigenvalue weighted by Crippen LogP contribution is 2.16. The van der Waals surface area contributed by atoms with Gasteiger partial charge in [0.25, 0.3) is 0 Å². The summed E-state index contributed by atoms with van der Waals surface area (Å²) in [7, 11) is 0. The fraction of sp³-hybridized carbons (Fsp3) is 0.600. The van der Waals surface area contributed by atoms with Gasteiger partial charge in [0.15, 0.2) is 0 Å². The van der Waals surface area contributed by atoms with Gasteiger partial charge in [-0.1, -0.05) is 0 Å². The normalized spacial score (nSPS) is 12.0. The van der Waals surface area contributed by atoms with Crippen LogP contribution in [0.25, 0.3) is 0 Å². The van der Waals surface area contributed by atoms with Gasteiger partial charge in [-0.25, -0.2) is 9.67 Å². The highest BCUT2D eigenvalue weighted by Gasteiger charge is 2.28. The molecule has 6 heteroatoms. The Labute approximate surface area is 60.8 Å². The Kier molecular flexibility index (Phi) is 1.84. The van der Waals surface area contributed by atoms with E-state index in [2.05, 4.69) is 10.1 Å². The number of hydrogen-bond donors (Lipinski definition) is 0. The first-order valence-corrected chi connectivity index (χ1v) is 2.90. The van der Waals surface area contributed by atoms with Crippen molar-refractivity contribution in [3.63, 3.8) is 0 Å². The minimum absolute atomic E-state index is 0.342. The van der Waals surface area contributed by atoms with E-state index in [4.69, 9.17) is 0 Å². The molecule has 0 aliphatic rings. The summed E-state index contributed by atoms with van der Waals surface area (Å²) in [6.07, 6.45) is -3.16. The average Bonchev–Trinajstić information content (AvgIpc) is 2.10. The van der Waals surface area contributed by atoms with Crippen molar-refractivity contribution >= 4 is 0 Å². The predicted octanol–water partition coefficient (Wildman–Crippen LogP) is 1.15. The quantitative estimate of drug-likeness (QED) is 0.624. The van der Waals surface area contributed by atoms with Gasteiger partial charge in [-0.15, -0.1) is 0 Å². The Balaban J connectivity index is 2.65. The van der Waals surface area contributed by atoms with Crippen LogP contribution in [-0.2, 0) is 6.54 Å². The maximum absolute atomic E-state index is 11.7. The molecule has 0 aliphatic heterocycles. The molecule has 3 nitrogen and oxygen atoms in total. The summed E-state index contributed by atoms with van der Waals surface area (Å²) in [4.78, 5) is 3.55. The molecule has 1 aromatic heterocycles. The van der Waals surface area contributed by atoms with Gasteiger partial charge in [0.05, 0.1) is 0 Å². The van der Waals surface area contributed by atoms with Crippen molar-refractivity contribution in [2.75, 3.05) is 0 Å². The van der Waals surface area contributed by atoms with E-state index < -0.39 is 12.7 Å². The highest BCUT2D eigenvalue weighted by molar-refractivity contribution is 4.75. The lowest BCUT2D eigenvalue weighted by molar-refractivity contribution is -0.142. The van der Waals surface area contributed by atoms with Crippen molar-refractivity contribution in [1.82, 2.24) is 14.8 Å². The van der Waals surface area contributed by atoms with Crippen molar-refractivity contribution in [3.05, 3.63) is 12.2 Å². The van der Waals surface area contributed by atoms with Crippen molar-refractivity contribution in [1.29, 1.82) is 0 Å². The third-order valence-electron chi connectivity index (χ3n) is 0.992. The van der Waals surface area contributed by atoms with E-state index in [1.807, 2.05) is 0 Å². The number of aromatic nitrogens is 3. The van der Waals surface area contributed by atoms with Gasteiger partial charge in [0.2, 0.25) is 0 Å². The molecule has 0 saturated carbocycles. The van der Waals surface area contributed by atoms with Crippen molar-refractivity contribution in [2.45, 2.75) is 19.6 Å². The van der Waals surface area contributed by atoms with Crippen molar-refractivity contribution in [2.24, 2.45) is 0 Å². The summed E-state index contributed by atoms with van der Waals surface area (Å²) >= 11 is 0. The molecular weight excluding hydrogens is 159 g/mol. The first-order valence-electron chi connectivity index (χ1n) is 2.90. The zero-order chi connectivity index (χ0) is 8.48. The van der Waals surface area contributed by atoms with Gasteiger partial charge in [-0.2, -0.15) is 18.3 Å². The third-order valence-corrected chi connectivity index (χ3v) is 0.992. The molecule has 1 heterocycles. The molecule has 11 heavy (non-hydrogen) atoms. The Morgan fingerprint density at radius 2 is 2.18 bits per heavy atom. The lowest BCUT2D eigenvalue weighted by atomic mass is 10.6. The van der Waals surface area contributed by atoms with E-state index in [0.29, 0.717) is 5.82 Å². The summed E-state index contributed by atoms with van der Waals surface area (Å²) in [6.45, 7) is 0.459. The molecule has 0 radical (unpaired) electrons. The molecule has 0 atom stereocenters. The molecule has 0 saturated heterocycles. The van der Waals surface area contributed by atoms with Gasteiger partial charge >= 0.3 is 6.18 Å². The first-order chi connectivity index (χ1) is 4.97. The van der Waals surface area contributed by atoms with Crippen LogP contribution in [0.3, 0.4) is 0 Å². The third kappa shape index (κ3) is 2.57. The fourth-order valence-electron chi connectivity index (χ4n) is 0.648. The molecule has 0 fully saturated rings. The Morgan fingerprint density at radius 1 is 1.55 bits per heavy atom. The zero-order valence-electron chi connectivity index (χ0n) is 5.76. The number of halogens is 3. The van der Waals surface area contributed by atoms with Gasteiger partial charge in [0, 0.05) is 0 Å². The van der Waals surface area contributed by atoms with Crippen LogP contribution in [0.4, 0.5) is 13.2 Å². The monoisotopic (exact) mass is 165 g/mol. The molecule has 0 bridgehead atoms. The molecule has 1 rings (SSSR count). The maximum Gasteiger partial charge on any atom is 0.408 e. The minimum Gasteiger partial charge on any atom is -0.244 e. The Bertz CT molecular complexity index is 239. The maximum atomic E-state index is 11.7. The summed E-state index contributed by atoms with van der Waals surface area (Å²) in [5, 5.41) is 3.48. The highest BCUT2D eigenvalue weighted by atomic mass is 19.4. The minimum atomic E-state index is -4.22. The summed E-state index contributed by atoms with van der Waals surface area (Å²) in [5.74, 6) is 0.342. The number of aryl methyl sites for hydroxylation is 1. The largest absolute Gasteiger partial charge is 0.408 e. The van der Waals surface area contributed by atoms with E-state index in [1.54, 1.807) is 0 Å². The van der Waals surface area contributed by atoms with Crippen LogP contribution >= 0.6 is 0 Å². The topological polar surface area (TPSA) is 30.7 Å². The van der Waals surface area contributed by atoms with E-state index in [1.165, 1.54) is 6.92 Å². The SMILES string of the molecule is Cc1ncn(CC(F)(F)F)n1. The van der Waals surface area contributed by atoms with Crippen LogP contribution in [0.5, 0.6) is 0 Å². The summed E-state index contributed by atoms with van der Waals surface area (Å²) < 4.78 is 35.7. The van der Waals surface area contributed by atoms with Crippen molar-refractivity contribution in [3.8, 4) is 0 Å². The second-order valence-electron chi connectivity index (χ2n) is 2.10. The van der Waals surface area contributed by atoms with Crippen molar-refractivity contribution < 1.29 is 13.2 Å². The van der Waals surface area contributed by atoms with E-state index in [-0.39, 0.29) is 0 Å². The van der Waals surface area contributed by atoms with E-state index in [9.17, 15) is 13.2 Å². The fourth-order valence-corrected chi connectivity index (χ4v) is 0.648. The van der Waals surface area contributed by atoms with Gasteiger partial charge in [-0.3, -0.25) is 0 Å². The van der Waals surface area contributed by atoms with E-state index in [0.717, 1.165) is 11.0 Å². The van der Waals surface area contributed by atoms with Gasteiger partial charge in [0.1, 0.15) is 18.7 Å². The van der Waals surface area contributed by atoms with Crippen LogP contribution in [-0.4, -0.2) is 20.9 Å². The van der Waals surface area contributed by atoms with Crippen LogP contribution in [0.1, 0.15) is 5.82 Å². The molecule has 0 unspecified atom stereocenters. The zero-order valence-corrected chi connectivity index (χ0v) is 5.76. The number of nitrogens with zero attached hydrogens (tertiary/aromatic N) is 3. The number of hydrogen-bond acceptors (Lipinski definition) is 2. The number of rotatable bonds is 1. The first kappa shape index (κ1) is 8.03. The van der Waals surface area contributed by atoms with Gasteiger partial charge < -0.3 is 0 Å². The lowest BCUT2D eigenvalue weighted by Crippen LogP contribution is -2.17. The second kappa shape index (κ2) is 2.52. The molecule has 1 aromatic rings. The molecule has 62 valence electrons. The number of alkyl halides is 3. The average molecular weight is 165 g/mol. The standard InChI is InChI=1S/C5H6F3N3/c1-4-9-3-11(10-4)2-5(6,7)8/h3H,2H2,1H3. The smallest absolute Gasteiger partial charge is 0.244 e. The summed E-state index contributed by atoms with van der Waals surface area (Å²) in [5.41, 5.74) is 0. The summed E-state index contributed by atoms with van der Waals surface area (Å²) in [6, 6.07) is 0. The predicted molar refractivity (Wildman–Crippen MR) is 30.8 cm³/mol. The van der Waals surface area contributed by atoms with Gasteiger partial charge in [-0.05, 0) is 6.92 Å². The second-order valence-corrected chi connectivity index (χ2v) is 2.10. The molecule has 0 spiro atoms. The van der Waals surface area contributed by atoms with Crippen LogP contribution < -0.4 is 0 Å². The van der Waals surface area contributed by atoms with Crippen LogP contribution in [0.2, 0.25) is 0 Å². The Morgan fingerprint density at radius 3 is 2.55 bits per heavy atom. The molecular formula is C5H6F3N3. The Hall–Kier alpha value is -1.07. The van der Waals surface area contributed by atoms with Crippen LogP contribution in [0, 0.1) is 6.92 Å². The molecule has 0 amide bonds. The molecule has 0 aromatic carbocycles.